The summed E-state index contributed by atoms with van der Waals surface area (Å²) in [6, 6.07) is 16.8. The van der Waals surface area contributed by atoms with Crippen molar-refractivity contribution in [1.29, 1.82) is 5.26 Å². The van der Waals surface area contributed by atoms with Crippen molar-refractivity contribution in [3.63, 3.8) is 0 Å². The number of halogens is 1. The van der Waals surface area contributed by atoms with E-state index >= 15 is 0 Å². The Balaban J connectivity index is 1.72. The monoisotopic (exact) mass is 358 g/mol. The van der Waals surface area contributed by atoms with E-state index in [4.69, 9.17) is 11.6 Å². The van der Waals surface area contributed by atoms with Crippen LogP contribution in [0.4, 0.5) is 5.69 Å². The molecule has 0 saturated heterocycles. The van der Waals surface area contributed by atoms with Gasteiger partial charge in [-0.3, -0.25) is 4.79 Å². The number of carbonyl (C=O) groups excluding carboxylic acids is 1. The molecule has 0 bridgehead atoms. The quantitative estimate of drug-likeness (QED) is 0.764. The third-order valence-electron chi connectivity index (χ3n) is 3.17. The lowest BCUT2D eigenvalue weighted by Gasteiger charge is -2.20. The Morgan fingerprint density at radius 1 is 1.22 bits per heavy atom. The molecule has 0 saturated carbocycles. The van der Waals surface area contributed by atoms with Crippen LogP contribution in [0.5, 0.6) is 0 Å². The lowest BCUT2D eigenvalue weighted by atomic mass is 10.1. The third-order valence-corrected chi connectivity index (χ3v) is 5.63. The molecule has 1 aliphatic heterocycles. The van der Waals surface area contributed by atoms with Gasteiger partial charge in [0.15, 0.2) is 5.78 Å². The number of para-hydroxylation sites is 1. The molecule has 1 aliphatic rings. The Morgan fingerprint density at radius 2 is 1.96 bits per heavy atom. The minimum Gasteiger partial charge on any atom is -0.348 e. The second kappa shape index (κ2) is 7.14. The van der Waals surface area contributed by atoms with Crippen LogP contribution in [-0.2, 0) is 0 Å². The van der Waals surface area contributed by atoms with E-state index in [9.17, 15) is 10.1 Å². The summed E-state index contributed by atoms with van der Waals surface area (Å²) >= 11 is 8.59. The summed E-state index contributed by atoms with van der Waals surface area (Å²) in [4.78, 5) is 13.8. The Kier molecular flexibility index (Phi) is 4.97. The first-order valence-corrected chi connectivity index (χ1v) is 8.95. The lowest BCUT2D eigenvalue weighted by Crippen LogP contribution is -2.08. The van der Waals surface area contributed by atoms with Crippen molar-refractivity contribution < 1.29 is 4.79 Å². The van der Waals surface area contributed by atoms with Crippen LogP contribution in [0.15, 0.2) is 63.4 Å². The summed E-state index contributed by atoms with van der Waals surface area (Å²) in [6.45, 7) is 0. The number of nitrogens with zero attached hydrogens (tertiary/aromatic N) is 1. The smallest absolute Gasteiger partial charge is 0.173 e. The molecule has 1 N–H and O–H groups in total. The number of hydrogen-bond donors (Lipinski definition) is 1. The van der Waals surface area contributed by atoms with E-state index in [2.05, 4.69) is 11.4 Å². The van der Waals surface area contributed by atoms with Crippen LogP contribution < -0.4 is 5.32 Å². The molecule has 23 heavy (non-hydrogen) atoms. The highest BCUT2D eigenvalue weighted by Gasteiger charge is 2.19. The Morgan fingerprint density at radius 3 is 2.70 bits per heavy atom. The maximum atomic E-state index is 12.2. The van der Waals surface area contributed by atoms with Crippen LogP contribution >= 0.6 is 35.1 Å². The van der Waals surface area contributed by atoms with Crippen molar-refractivity contribution in [3.05, 3.63) is 69.1 Å². The molecule has 3 rings (SSSR count). The summed E-state index contributed by atoms with van der Waals surface area (Å²) in [6.07, 6.45) is 0. The second-order valence-electron chi connectivity index (χ2n) is 4.71. The second-order valence-corrected chi connectivity index (χ2v) is 7.19. The van der Waals surface area contributed by atoms with Gasteiger partial charge in [0.2, 0.25) is 0 Å². The van der Waals surface area contributed by atoms with Gasteiger partial charge in [0.25, 0.3) is 0 Å². The first kappa shape index (κ1) is 16.0. The highest BCUT2D eigenvalue weighted by molar-refractivity contribution is 8.07. The Hall–Kier alpha value is -1.87. The zero-order valence-electron chi connectivity index (χ0n) is 11.9. The van der Waals surface area contributed by atoms with Crippen LogP contribution in [0.25, 0.3) is 0 Å². The lowest BCUT2D eigenvalue weighted by molar-refractivity contribution is 0.102. The molecule has 0 fully saturated rings. The number of ketones is 1. The van der Waals surface area contributed by atoms with Crippen molar-refractivity contribution in [2.24, 2.45) is 0 Å². The molecule has 0 amide bonds. The fraction of sp³-hybridized carbons (Fsp3) is 0.0588. The van der Waals surface area contributed by atoms with Crippen LogP contribution in [-0.4, -0.2) is 11.5 Å². The van der Waals surface area contributed by atoms with E-state index in [1.54, 1.807) is 24.3 Å². The van der Waals surface area contributed by atoms with E-state index in [1.807, 2.05) is 24.3 Å². The normalized spacial score (nSPS) is 13.0. The van der Waals surface area contributed by atoms with Crippen molar-refractivity contribution in [1.82, 2.24) is 0 Å². The Labute approximate surface area is 147 Å². The van der Waals surface area contributed by atoms with Gasteiger partial charge in [-0.15, -0.1) is 0 Å². The minimum absolute atomic E-state index is 0.00196. The average Bonchev–Trinajstić information content (AvgIpc) is 2.59. The molecule has 0 unspecified atom stereocenters. The van der Waals surface area contributed by atoms with Gasteiger partial charge in [-0.2, -0.15) is 5.26 Å². The molecule has 0 spiro atoms. The molecule has 0 atom stereocenters. The summed E-state index contributed by atoms with van der Waals surface area (Å²) < 4.78 is 0. The molecule has 0 radical (unpaired) electrons. The van der Waals surface area contributed by atoms with Crippen LogP contribution in [0.2, 0.25) is 5.02 Å². The van der Waals surface area contributed by atoms with E-state index in [-0.39, 0.29) is 11.5 Å². The van der Waals surface area contributed by atoms with Crippen molar-refractivity contribution in [3.8, 4) is 6.07 Å². The number of nitriles is 1. The first-order valence-electron chi connectivity index (χ1n) is 6.77. The first-order chi connectivity index (χ1) is 11.2. The van der Waals surface area contributed by atoms with Crippen LogP contribution in [0.1, 0.15) is 10.4 Å². The topological polar surface area (TPSA) is 52.9 Å². The maximum absolute atomic E-state index is 12.2. The molecule has 1 heterocycles. The van der Waals surface area contributed by atoms with Crippen molar-refractivity contribution in [2.75, 3.05) is 11.1 Å². The zero-order valence-corrected chi connectivity index (χ0v) is 14.3. The maximum Gasteiger partial charge on any atom is 0.173 e. The SMILES string of the molecule is N#CC1=C(SCC(=O)c2ccc(Cl)cc2)Nc2ccccc2S1. The molecule has 3 nitrogen and oxygen atoms in total. The predicted octanol–water partition coefficient (Wildman–Crippen LogP) is 5.17. The number of carbonyl (C=O) groups is 1. The van der Waals surface area contributed by atoms with Gasteiger partial charge in [-0.1, -0.05) is 47.3 Å². The molecule has 0 aliphatic carbocycles. The summed E-state index contributed by atoms with van der Waals surface area (Å²) in [5.74, 6) is 0.264. The number of nitrogens with one attached hydrogen (secondary N) is 1. The van der Waals surface area contributed by atoms with E-state index < -0.39 is 0 Å². The Bertz CT molecular complexity index is 825. The zero-order chi connectivity index (χ0) is 16.2. The van der Waals surface area contributed by atoms with Gasteiger partial charge in [0.05, 0.1) is 16.5 Å². The third kappa shape index (κ3) is 3.73. The molecule has 6 heteroatoms. The number of rotatable bonds is 4. The van der Waals surface area contributed by atoms with Gasteiger partial charge in [-0.25, -0.2) is 0 Å². The van der Waals surface area contributed by atoms with Crippen molar-refractivity contribution in [2.45, 2.75) is 4.90 Å². The summed E-state index contributed by atoms with van der Waals surface area (Å²) in [5.41, 5.74) is 1.57. The van der Waals surface area contributed by atoms with Gasteiger partial charge < -0.3 is 5.32 Å². The largest absolute Gasteiger partial charge is 0.348 e. The number of Topliss-reactive ketones (excluding diaryl/α,β-unsaturated/α-hetero) is 1. The van der Waals surface area contributed by atoms with Gasteiger partial charge in [0.1, 0.15) is 11.0 Å². The van der Waals surface area contributed by atoms with E-state index in [1.165, 1.54) is 23.5 Å². The highest BCUT2D eigenvalue weighted by atomic mass is 35.5. The van der Waals surface area contributed by atoms with E-state index in [0.29, 0.717) is 15.5 Å². The number of hydrogen-bond acceptors (Lipinski definition) is 5. The molecule has 2 aromatic rings. The fourth-order valence-electron chi connectivity index (χ4n) is 2.03. The van der Waals surface area contributed by atoms with Gasteiger partial charge in [-0.05, 0) is 36.4 Å². The number of allylic oxidation sites excluding steroid dienone is 1. The standard InChI is InChI=1S/C17H11ClN2OS2/c18-12-7-5-11(6-8-12)14(21)10-22-17-16(9-19)23-15-4-2-1-3-13(15)20-17/h1-8,20H,10H2. The summed E-state index contributed by atoms with van der Waals surface area (Å²) in [7, 11) is 0. The van der Waals surface area contributed by atoms with Gasteiger partial charge in [0, 0.05) is 15.5 Å². The van der Waals surface area contributed by atoms with Crippen molar-refractivity contribution >= 4 is 46.6 Å². The molecule has 2 aromatic carbocycles. The molecular formula is C17H11ClN2OS2. The number of thioether (sulfide) groups is 2. The highest BCUT2D eigenvalue weighted by Crippen LogP contribution is 2.42. The minimum atomic E-state index is 0.00196. The molecular weight excluding hydrogens is 348 g/mol. The number of benzene rings is 2. The molecule has 0 aromatic heterocycles. The predicted molar refractivity (Wildman–Crippen MR) is 96.8 cm³/mol. The van der Waals surface area contributed by atoms with Crippen LogP contribution in [0, 0.1) is 11.3 Å². The van der Waals surface area contributed by atoms with E-state index in [0.717, 1.165) is 15.6 Å². The van der Waals surface area contributed by atoms with Crippen LogP contribution in [0.3, 0.4) is 0 Å². The fourth-order valence-corrected chi connectivity index (χ4v) is 4.04. The summed E-state index contributed by atoms with van der Waals surface area (Å²) in [5, 5.41) is 13.9. The number of fused-ring (bicyclic) bond motifs is 1. The average molecular weight is 359 g/mol. The number of anilines is 1. The van der Waals surface area contributed by atoms with Gasteiger partial charge >= 0.3 is 0 Å². The molecule has 114 valence electrons.